The fourth-order valence-electron chi connectivity index (χ4n) is 1.88. The van der Waals surface area contributed by atoms with E-state index in [9.17, 15) is 9.90 Å². The average Bonchev–Trinajstić information content (AvgIpc) is 2.58. The zero-order chi connectivity index (χ0) is 19.1. The van der Waals surface area contributed by atoms with E-state index in [0.29, 0.717) is 38.2 Å². The molecule has 2 rings (SSSR count). The molecule has 9 heteroatoms. The molecule has 2 aromatic carbocycles. The van der Waals surface area contributed by atoms with E-state index in [0.717, 1.165) is 0 Å². The summed E-state index contributed by atoms with van der Waals surface area (Å²) in [5, 5.41) is 14.5. The number of ether oxygens (including phenoxy) is 2. The Morgan fingerprint density at radius 3 is 2.73 bits per heavy atom. The van der Waals surface area contributed by atoms with Gasteiger partial charge in [0.1, 0.15) is 5.75 Å². The van der Waals surface area contributed by atoms with E-state index in [-0.39, 0.29) is 12.4 Å². The zero-order valence-corrected chi connectivity index (χ0v) is 16.7. The van der Waals surface area contributed by atoms with Crippen molar-refractivity contribution in [2.45, 2.75) is 6.92 Å². The van der Waals surface area contributed by atoms with Crippen LogP contribution in [-0.2, 0) is 4.79 Å². The third-order valence-electron chi connectivity index (χ3n) is 3.01. The molecule has 26 heavy (non-hydrogen) atoms. The summed E-state index contributed by atoms with van der Waals surface area (Å²) < 4.78 is 11.1. The number of amides is 1. The van der Waals surface area contributed by atoms with Gasteiger partial charge in [0.05, 0.1) is 22.3 Å². The number of phenolic OH excluding ortho intramolecular Hbond substituents is 1. The first-order valence-corrected chi connectivity index (χ1v) is 9.00. The zero-order valence-electron chi connectivity index (χ0n) is 13.6. The van der Waals surface area contributed by atoms with Gasteiger partial charge in [-0.1, -0.05) is 23.2 Å². The van der Waals surface area contributed by atoms with Crippen LogP contribution in [0.2, 0.25) is 10.0 Å². The number of carbonyl (C=O) groups excluding carboxylic acids is 1. The third-order valence-corrected chi connectivity index (χ3v) is 4.14. The summed E-state index contributed by atoms with van der Waals surface area (Å²) in [4.78, 5) is 11.8. The van der Waals surface area contributed by atoms with Crippen LogP contribution in [0.4, 0.5) is 0 Å². The van der Waals surface area contributed by atoms with Crippen LogP contribution in [0.15, 0.2) is 39.9 Å². The SMILES string of the molecule is CCOc1cc(C=NNC(=O)COc2ccc(Cl)cc2Cl)cc(Br)c1O. The summed E-state index contributed by atoms with van der Waals surface area (Å²) >= 11 is 15.0. The van der Waals surface area contributed by atoms with Crippen molar-refractivity contribution >= 4 is 51.3 Å². The average molecular weight is 462 g/mol. The number of phenols is 1. The van der Waals surface area contributed by atoms with Gasteiger partial charge in [-0.2, -0.15) is 5.10 Å². The van der Waals surface area contributed by atoms with Crippen LogP contribution >= 0.6 is 39.1 Å². The number of aromatic hydroxyl groups is 1. The highest BCUT2D eigenvalue weighted by Crippen LogP contribution is 2.35. The maximum atomic E-state index is 11.8. The second-order valence-corrected chi connectivity index (χ2v) is 6.64. The van der Waals surface area contributed by atoms with E-state index >= 15 is 0 Å². The molecule has 6 nitrogen and oxygen atoms in total. The fourth-order valence-corrected chi connectivity index (χ4v) is 2.80. The summed E-state index contributed by atoms with van der Waals surface area (Å²) in [5.41, 5.74) is 2.96. The maximum absolute atomic E-state index is 11.8. The number of nitrogens with one attached hydrogen (secondary N) is 1. The molecule has 0 aliphatic heterocycles. The minimum Gasteiger partial charge on any atom is -0.503 e. The van der Waals surface area contributed by atoms with Gasteiger partial charge in [0, 0.05) is 5.02 Å². The van der Waals surface area contributed by atoms with E-state index in [1.165, 1.54) is 12.3 Å². The first kappa shape index (κ1) is 20.4. The minimum absolute atomic E-state index is 0.00118. The Bertz CT molecular complexity index is 831. The van der Waals surface area contributed by atoms with Gasteiger partial charge < -0.3 is 14.6 Å². The number of halogens is 3. The number of hydrogen-bond donors (Lipinski definition) is 2. The second kappa shape index (κ2) is 9.66. The third kappa shape index (κ3) is 5.79. The summed E-state index contributed by atoms with van der Waals surface area (Å²) in [6, 6.07) is 7.94. The number of nitrogens with zero attached hydrogens (tertiary/aromatic N) is 1. The molecule has 0 bridgehead atoms. The van der Waals surface area contributed by atoms with Crippen molar-refractivity contribution in [1.82, 2.24) is 5.43 Å². The molecule has 0 saturated heterocycles. The molecule has 0 radical (unpaired) electrons. The van der Waals surface area contributed by atoms with Crippen molar-refractivity contribution in [3.05, 3.63) is 50.4 Å². The van der Waals surface area contributed by atoms with E-state index in [4.69, 9.17) is 32.7 Å². The number of hydrogen-bond acceptors (Lipinski definition) is 5. The monoisotopic (exact) mass is 460 g/mol. The molecule has 2 aromatic rings. The van der Waals surface area contributed by atoms with Crippen molar-refractivity contribution in [3.63, 3.8) is 0 Å². The van der Waals surface area contributed by atoms with Crippen molar-refractivity contribution in [2.75, 3.05) is 13.2 Å². The molecule has 0 aliphatic rings. The Hall–Kier alpha value is -1.96. The Labute approximate surface area is 168 Å². The van der Waals surface area contributed by atoms with E-state index in [1.54, 1.807) is 31.2 Å². The largest absolute Gasteiger partial charge is 0.503 e. The van der Waals surface area contributed by atoms with Gasteiger partial charge in [-0.3, -0.25) is 4.79 Å². The Kier molecular flexibility index (Phi) is 7.56. The summed E-state index contributed by atoms with van der Waals surface area (Å²) in [5.74, 6) is 0.200. The molecule has 0 aromatic heterocycles. The van der Waals surface area contributed by atoms with Gasteiger partial charge in [-0.25, -0.2) is 5.43 Å². The second-order valence-electron chi connectivity index (χ2n) is 4.94. The Balaban J connectivity index is 1.92. The molecule has 138 valence electrons. The topological polar surface area (TPSA) is 80.2 Å². The molecule has 0 spiro atoms. The molecule has 0 unspecified atom stereocenters. The molecule has 2 N–H and O–H groups in total. The number of benzene rings is 2. The molecule has 0 aliphatic carbocycles. The van der Waals surface area contributed by atoms with Crippen LogP contribution in [0.1, 0.15) is 12.5 Å². The standard InChI is InChI=1S/C17H15BrCl2N2O4/c1-2-25-15-6-10(5-12(18)17(15)24)8-21-22-16(23)9-26-14-4-3-11(19)7-13(14)20/h3-8,24H,2,9H2,1H3,(H,22,23). The number of hydrazone groups is 1. The Morgan fingerprint density at radius 2 is 2.04 bits per heavy atom. The predicted octanol–water partition coefficient (Wildman–Crippen LogP) is 4.39. The lowest BCUT2D eigenvalue weighted by molar-refractivity contribution is -0.123. The molecule has 1 amide bonds. The van der Waals surface area contributed by atoms with Gasteiger partial charge >= 0.3 is 0 Å². The van der Waals surface area contributed by atoms with Gasteiger partial charge in [-0.15, -0.1) is 0 Å². The Morgan fingerprint density at radius 1 is 1.27 bits per heavy atom. The fraction of sp³-hybridized carbons (Fsp3) is 0.176. The van der Waals surface area contributed by atoms with Crippen LogP contribution < -0.4 is 14.9 Å². The van der Waals surface area contributed by atoms with Crippen LogP contribution in [0.25, 0.3) is 0 Å². The van der Waals surface area contributed by atoms with Crippen molar-refractivity contribution < 1.29 is 19.4 Å². The first-order chi connectivity index (χ1) is 12.4. The summed E-state index contributed by atoms with van der Waals surface area (Å²) in [7, 11) is 0. The quantitative estimate of drug-likeness (QED) is 0.473. The van der Waals surface area contributed by atoms with Crippen LogP contribution in [0.5, 0.6) is 17.2 Å². The summed E-state index contributed by atoms with van der Waals surface area (Å²) in [6.45, 7) is 1.95. The molecule has 0 saturated carbocycles. The highest BCUT2D eigenvalue weighted by atomic mass is 79.9. The van der Waals surface area contributed by atoms with E-state index in [2.05, 4.69) is 26.5 Å². The van der Waals surface area contributed by atoms with Gasteiger partial charge in [0.15, 0.2) is 18.1 Å². The molecular weight excluding hydrogens is 447 g/mol. The van der Waals surface area contributed by atoms with E-state index < -0.39 is 5.91 Å². The van der Waals surface area contributed by atoms with E-state index in [1.807, 2.05) is 0 Å². The van der Waals surface area contributed by atoms with Crippen LogP contribution in [0.3, 0.4) is 0 Å². The maximum Gasteiger partial charge on any atom is 0.277 e. The van der Waals surface area contributed by atoms with Crippen LogP contribution in [-0.4, -0.2) is 30.4 Å². The lowest BCUT2D eigenvalue weighted by atomic mass is 10.2. The van der Waals surface area contributed by atoms with Gasteiger partial charge in [0.25, 0.3) is 5.91 Å². The van der Waals surface area contributed by atoms with Gasteiger partial charge in [0.2, 0.25) is 0 Å². The molecule has 0 heterocycles. The minimum atomic E-state index is -0.463. The molecule has 0 fully saturated rings. The highest BCUT2D eigenvalue weighted by Gasteiger charge is 2.09. The van der Waals surface area contributed by atoms with Crippen molar-refractivity contribution in [1.29, 1.82) is 0 Å². The predicted molar refractivity (Wildman–Crippen MR) is 105 cm³/mol. The normalized spacial score (nSPS) is 10.8. The van der Waals surface area contributed by atoms with Gasteiger partial charge in [-0.05, 0) is 58.7 Å². The smallest absolute Gasteiger partial charge is 0.277 e. The van der Waals surface area contributed by atoms with Crippen LogP contribution in [0, 0.1) is 0 Å². The van der Waals surface area contributed by atoms with Crippen molar-refractivity contribution in [3.8, 4) is 17.2 Å². The lowest BCUT2D eigenvalue weighted by Gasteiger charge is -2.08. The molecular formula is C17H15BrCl2N2O4. The number of carbonyl (C=O) groups is 1. The highest BCUT2D eigenvalue weighted by molar-refractivity contribution is 9.10. The lowest BCUT2D eigenvalue weighted by Crippen LogP contribution is -2.24. The van der Waals surface area contributed by atoms with Crippen molar-refractivity contribution in [2.24, 2.45) is 5.10 Å². The first-order valence-electron chi connectivity index (χ1n) is 7.45. The number of rotatable bonds is 7. The molecule has 0 atom stereocenters. The summed E-state index contributed by atoms with van der Waals surface area (Å²) in [6.07, 6.45) is 1.42.